The lowest BCUT2D eigenvalue weighted by Gasteiger charge is -2.33. The molecule has 5 rings (SSSR count). The van der Waals surface area contributed by atoms with Crippen LogP contribution in [0, 0.1) is 17.1 Å². The van der Waals surface area contributed by atoms with Gasteiger partial charge in [0.2, 0.25) is 0 Å². The second-order valence-electron chi connectivity index (χ2n) is 7.88. The zero-order valence-electron chi connectivity index (χ0n) is 16.9. The molecule has 9 heteroatoms. The molecule has 2 aliphatic rings. The predicted octanol–water partition coefficient (Wildman–Crippen LogP) is 3.20. The Morgan fingerprint density at radius 2 is 1.94 bits per heavy atom. The number of nitriles is 1. The van der Waals surface area contributed by atoms with Crippen LogP contribution in [0.4, 0.5) is 14.6 Å². The number of benzene rings is 1. The van der Waals surface area contributed by atoms with Gasteiger partial charge < -0.3 is 4.90 Å². The summed E-state index contributed by atoms with van der Waals surface area (Å²) >= 11 is 0. The van der Waals surface area contributed by atoms with Crippen molar-refractivity contribution in [2.75, 3.05) is 18.0 Å². The lowest BCUT2D eigenvalue weighted by Crippen LogP contribution is -2.41. The number of halogens is 2. The summed E-state index contributed by atoms with van der Waals surface area (Å²) in [6, 6.07) is 6.89. The number of hydrogen-bond donors (Lipinski definition) is 0. The molecule has 7 nitrogen and oxygen atoms in total. The van der Waals surface area contributed by atoms with Crippen molar-refractivity contribution < 1.29 is 8.78 Å². The lowest BCUT2D eigenvalue weighted by molar-refractivity contribution is 0.193. The molecule has 0 bridgehead atoms. The number of aliphatic imine (C=N–C) groups is 1. The Morgan fingerprint density at radius 1 is 1.13 bits per heavy atom. The summed E-state index contributed by atoms with van der Waals surface area (Å²) in [6.45, 7) is 1.18. The van der Waals surface area contributed by atoms with E-state index in [0.29, 0.717) is 48.0 Å². The molecule has 0 N–H and O–H groups in total. The van der Waals surface area contributed by atoms with Crippen LogP contribution < -0.4 is 4.90 Å². The normalized spacial score (nSPS) is 17.2. The minimum absolute atomic E-state index is 0.139. The Balaban J connectivity index is 1.46. The van der Waals surface area contributed by atoms with Gasteiger partial charge in [-0.3, -0.25) is 9.67 Å². The fraction of sp³-hybridized carbons (Fsp3) is 0.318. The van der Waals surface area contributed by atoms with Gasteiger partial charge in [-0.2, -0.15) is 10.4 Å². The molecule has 0 radical (unpaired) electrons. The lowest BCUT2D eigenvalue weighted by atomic mass is 9.95. The molecule has 0 saturated carbocycles. The average Bonchev–Trinajstić information content (AvgIpc) is 3.39. The van der Waals surface area contributed by atoms with Gasteiger partial charge in [-0.05, 0) is 17.7 Å². The van der Waals surface area contributed by atoms with E-state index in [1.54, 1.807) is 36.3 Å². The van der Waals surface area contributed by atoms with Gasteiger partial charge in [0.1, 0.15) is 24.0 Å². The second-order valence-corrected chi connectivity index (χ2v) is 7.88. The van der Waals surface area contributed by atoms with Crippen molar-refractivity contribution in [1.29, 1.82) is 5.26 Å². The fourth-order valence-electron chi connectivity index (χ4n) is 4.07. The molecule has 1 saturated heterocycles. The van der Waals surface area contributed by atoms with Crippen LogP contribution >= 0.6 is 0 Å². The molecule has 0 spiro atoms. The summed E-state index contributed by atoms with van der Waals surface area (Å²) < 4.78 is 30.5. The molecule has 0 atom stereocenters. The number of fused-ring (bicyclic) bond motifs is 1. The monoisotopic (exact) mass is 419 g/mol. The molecule has 31 heavy (non-hydrogen) atoms. The zero-order valence-corrected chi connectivity index (χ0v) is 16.9. The number of hydrogen-bond acceptors (Lipinski definition) is 6. The quantitative estimate of drug-likeness (QED) is 0.651. The first-order valence-electron chi connectivity index (χ1n) is 9.99. The molecule has 0 amide bonds. The van der Waals surface area contributed by atoms with Gasteiger partial charge in [0.05, 0.1) is 24.1 Å². The van der Waals surface area contributed by atoms with E-state index in [1.807, 2.05) is 11.0 Å². The van der Waals surface area contributed by atoms with Gasteiger partial charge in [0, 0.05) is 61.9 Å². The van der Waals surface area contributed by atoms with Crippen molar-refractivity contribution in [1.82, 2.24) is 19.7 Å². The number of aryl methyl sites for hydroxylation is 1. The molecule has 1 aromatic carbocycles. The molecule has 1 fully saturated rings. The Hall–Kier alpha value is -3.67. The topological polar surface area (TPSA) is 83.0 Å². The number of rotatable bonds is 3. The second kappa shape index (κ2) is 7.23. The summed E-state index contributed by atoms with van der Waals surface area (Å²) in [7, 11) is 1.79. The van der Waals surface area contributed by atoms with E-state index in [9.17, 15) is 8.78 Å². The minimum Gasteiger partial charge on any atom is -0.356 e. The van der Waals surface area contributed by atoms with E-state index in [4.69, 9.17) is 5.26 Å². The van der Waals surface area contributed by atoms with E-state index < -0.39 is 5.67 Å². The average molecular weight is 419 g/mol. The first kappa shape index (κ1) is 19.3. The molecule has 2 aromatic heterocycles. The largest absolute Gasteiger partial charge is 0.356 e. The predicted molar refractivity (Wildman–Crippen MR) is 111 cm³/mol. The van der Waals surface area contributed by atoms with Crippen LogP contribution in [0.5, 0.6) is 0 Å². The Labute approximate surface area is 177 Å². The highest BCUT2D eigenvalue weighted by molar-refractivity contribution is 6.14. The minimum atomic E-state index is -1.77. The third-order valence-electron chi connectivity index (χ3n) is 5.85. The van der Waals surface area contributed by atoms with Crippen LogP contribution in [0.2, 0.25) is 0 Å². The van der Waals surface area contributed by atoms with Crippen molar-refractivity contribution in [3.63, 3.8) is 0 Å². The highest BCUT2D eigenvalue weighted by Gasteiger charge is 2.35. The third kappa shape index (κ3) is 3.44. The van der Waals surface area contributed by atoms with E-state index >= 15 is 0 Å². The summed E-state index contributed by atoms with van der Waals surface area (Å²) in [5.41, 5.74) is 2.32. The van der Waals surface area contributed by atoms with Crippen molar-refractivity contribution in [3.8, 4) is 17.2 Å². The maximum Gasteiger partial charge on any atom is 0.199 e. The zero-order chi connectivity index (χ0) is 21.6. The van der Waals surface area contributed by atoms with Crippen LogP contribution in [0.15, 0.2) is 41.9 Å². The van der Waals surface area contributed by atoms with E-state index in [2.05, 4.69) is 20.1 Å². The molecule has 0 unspecified atom stereocenters. The summed E-state index contributed by atoms with van der Waals surface area (Å²) in [5, 5.41) is 13.1. The molecule has 3 aromatic rings. The number of piperidine rings is 1. The first-order valence-corrected chi connectivity index (χ1v) is 9.99. The van der Waals surface area contributed by atoms with Gasteiger partial charge in [0.25, 0.3) is 0 Å². The summed E-state index contributed by atoms with van der Waals surface area (Å²) in [5.74, 6) is 0.350. The Bertz CT molecular complexity index is 1230. The molecule has 0 aliphatic carbocycles. The van der Waals surface area contributed by atoms with Crippen LogP contribution in [0.25, 0.3) is 11.1 Å². The maximum absolute atomic E-state index is 14.7. The standard InChI is InChI=1S/C22H19F2N7/c1-30-11-15(10-29-30)16-7-17-14(6-18(16)23)9-26-21(17)19-8-20(28-13-27-19)31-4-2-22(24,12-25)3-5-31/h6-8,10-11,13H,2-5,9H2,1H3. The van der Waals surface area contributed by atoms with Crippen molar-refractivity contribution in [2.24, 2.45) is 12.0 Å². The summed E-state index contributed by atoms with van der Waals surface area (Å²) in [4.78, 5) is 15.3. The maximum atomic E-state index is 14.7. The van der Waals surface area contributed by atoms with Crippen LogP contribution in [0.3, 0.4) is 0 Å². The first-order chi connectivity index (χ1) is 15.0. The SMILES string of the molecule is Cn1cc(-c2cc3c(cc2F)CN=C3c2cc(N3CCC(F)(C#N)CC3)ncn2)cn1. The summed E-state index contributed by atoms with van der Waals surface area (Å²) in [6.07, 6.45) is 5.13. The number of anilines is 1. The van der Waals surface area contributed by atoms with Crippen LogP contribution in [-0.4, -0.2) is 44.2 Å². The number of aromatic nitrogens is 4. The van der Waals surface area contributed by atoms with Gasteiger partial charge in [0.15, 0.2) is 5.67 Å². The molecular formula is C22H19F2N7. The van der Waals surface area contributed by atoms with E-state index in [0.717, 1.165) is 11.1 Å². The molecule has 156 valence electrons. The highest BCUT2D eigenvalue weighted by Crippen LogP contribution is 2.32. The van der Waals surface area contributed by atoms with Gasteiger partial charge >= 0.3 is 0 Å². The number of alkyl halides is 1. The molecule has 2 aliphatic heterocycles. The van der Waals surface area contributed by atoms with Crippen molar-refractivity contribution in [3.05, 3.63) is 59.6 Å². The Kier molecular flexibility index (Phi) is 4.50. The van der Waals surface area contributed by atoms with E-state index in [-0.39, 0.29) is 18.7 Å². The van der Waals surface area contributed by atoms with Gasteiger partial charge in [-0.15, -0.1) is 0 Å². The third-order valence-corrected chi connectivity index (χ3v) is 5.85. The van der Waals surface area contributed by atoms with Crippen LogP contribution in [0.1, 0.15) is 29.7 Å². The van der Waals surface area contributed by atoms with Crippen molar-refractivity contribution in [2.45, 2.75) is 25.1 Å². The van der Waals surface area contributed by atoms with Crippen LogP contribution in [-0.2, 0) is 13.6 Å². The van der Waals surface area contributed by atoms with Gasteiger partial charge in [-0.25, -0.2) is 18.7 Å². The number of nitrogens with zero attached hydrogens (tertiary/aromatic N) is 7. The smallest absolute Gasteiger partial charge is 0.199 e. The molecular weight excluding hydrogens is 400 g/mol. The molecule has 4 heterocycles. The Morgan fingerprint density at radius 3 is 2.65 bits per heavy atom. The highest BCUT2D eigenvalue weighted by atomic mass is 19.1. The van der Waals surface area contributed by atoms with Crippen molar-refractivity contribution >= 4 is 11.5 Å². The van der Waals surface area contributed by atoms with Gasteiger partial charge in [-0.1, -0.05) is 0 Å². The van der Waals surface area contributed by atoms with E-state index in [1.165, 1.54) is 12.4 Å². The fourth-order valence-corrected chi connectivity index (χ4v) is 4.07.